The summed E-state index contributed by atoms with van der Waals surface area (Å²) in [6, 6.07) is 11.1. The normalized spacial score (nSPS) is 17.9. The number of phenolic OH excluding ortho intramolecular Hbond substituents is 1. The monoisotopic (exact) mass is 300 g/mol. The fraction of sp³-hybridized carbons (Fsp3) is 0.125. The highest BCUT2D eigenvalue weighted by atomic mass is 19.1. The first-order chi connectivity index (χ1) is 10.6. The number of rotatable bonds is 3. The summed E-state index contributed by atoms with van der Waals surface area (Å²) in [5.41, 5.74) is 0.472. The minimum Gasteiger partial charge on any atom is -0.508 e. The Labute approximate surface area is 126 Å². The van der Waals surface area contributed by atoms with Crippen LogP contribution in [0.2, 0.25) is 0 Å². The van der Waals surface area contributed by atoms with Gasteiger partial charge in [-0.3, -0.25) is 9.59 Å². The molecule has 112 valence electrons. The van der Waals surface area contributed by atoms with E-state index in [1.54, 1.807) is 18.2 Å². The van der Waals surface area contributed by atoms with E-state index >= 15 is 0 Å². The van der Waals surface area contributed by atoms with Gasteiger partial charge in [-0.25, -0.2) is 9.29 Å². The Morgan fingerprint density at radius 2 is 1.91 bits per heavy atom. The van der Waals surface area contributed by atoms with Gasteiger partial charge in [0, 0.05) is 11.8 Å². The lowest BCUT2D eigenvalue weighted by molar-refractivity contribution is -0.121. The van der Waals surface area contributed by atoms with E-state index < -0.39 is 23.7 Å². The van der Waals surface area contributed by atoms with E-state index in [0.717, 1.165) is 4.90 Å². The summed E-state index contributed by atoms with van der Waals surface area (Å²) in [7, 11) is 0. The van der Waals surface area contributed by atoms with E-state index in [2.05, 4.69) is 5.32 Å². The number of para-hydroxylation sites is 1. The summed E-state index contributed by atoms with van der Waals surface area (Å²) in [6.07, 6.45) is -0.0666. The molecule has 2 amide bonds. The van der Waals surface area contributed by atoms with Crippen molar-refractivity contribution in [1.29, 1.82) is 0 Å². The molecule has 1 saturated heterocycles. The number of imide groups is 1. The van der Waals surface area contributed by atoms with Crippen LogP contribution in [0.4, 0.5) is 15.8 Å². The molecule has 0 spiro atoms. The lowest BCUT2D eigenvalue weighted by atomic mass is 10.2. The van der Waals surface area contributed by atoms with E-state index in [-0.39, 0.29) is 17.9 Å². The predicted molar refractivity (Wildman–Crippen MR) is 79.0 cm³/mol. The first kappa shape index (κ1) is 14.1. The van der Waals surface area contributed by atoms with Crippen molar-refractivity contribution < 1.29 is 19.1 Å². The van der Waals surface area contributed by atoms with E-state index in [1.807, 2.05) is 0 Å². The van der Waals surface area contributed by atoms with Crippen LogP contribution in [0.15, 0.2) is 48.5 Å². The fourth-order valence-corrected chi connectivity index (χ4v) is 2.43. The van der Waals surface area contributed by atoms with Crippen LogP contribution >= 0.6 is 0 Å². The molecule has 0 aliphatic carbocycles. The van der Waals surface area contributed by atoms with Crippen molar-refractivity contribution >= 4 is 23.2 Å². The minimum atomic E-state index is -0.783. The highest BCUT2D eigenvalue weighted by Gasteiger charge is 2.40. The van der Waals surface area contributed by atoms with Crippen molar-refractivity contribution in [2.45, 2.75) is 12.5 Å². The second-order valence-corrected chi connectivity index (χ2v) is 4.97. The fourth-order valence-electron chi connectivity index (χ4n) is 2.43. The highest BCUT2D eigenvalue weighted by Crippen LogP contribution is 2.27. The first-order valence-corrected chi connectivity index (χ1v) is 6.73. The molecule has 22 heavy (non-hydrogen) atoms. The highest BCUT2D eigenvalue weighted by molar-refractivity contribution is 6.23. The largest absolute Gasteiger partial charge is 0.508 e. The standard InChI is InChI=1S/C16H13FN2O3/c17-12-6-1-2-7-14(12)19-15(21)9-13(16(19)22)18-10-4-3-5-11(20)8-10/h1-8,13,18,20H,9H2. The summed E-state index contributed by atoms with van der Waals surface area (Å²) >= 11 is 0. The summed E-state index contributed by atoms with van der Waals surface area (Å²) in [5.74, 6) is -1.55. The summed E-state index contributed by atoms with van der Waals surface area (Å²) < 4.78 is 13.8. The van der Waals surface area contributed by atoms with Crippen molar-refractivity contribution in [2.24, 2.45) is 0 Å². The quantitative estimate of drug-likeness (QED) is 0.853. The molecule has 1 heterocycles. The number of hydrogen-bond donors (Lipinski definition) is 2. The number of benzene rings is 2. The molecule has 5 nitrogen and oxygen atoms in total. The Hall–Kier alpha value is -2.89. The average Bonchev–Trinajstić information content (AvgIpc) is 2.74. The lowest BCUT2D eigenvalue weighted by Gasteiger charge is -2.16. The Balaban J connectivity index is 1.84. The topological polar surface area (TPSA) is 69.6 Å². The SMILES string of the molecule is O=C1CC(Nc2cccc(O)c2)C(=O)N1c1ccccc1F. The molecule has 1 aliphatic heterocycles. The lowest BCUT2D eigenvalue weighted by Crippen LogP contribution is -2.35. The number of carbonyl (C=O) groups is 2. The molecule has 1 atom stereocenters. The molecule has 2 N–H and O–H groups in total. The molecule has 1 aliphatic rings. The Morgan fingerprint density at radius 1 is 1.14 bits per heavy atom. The van der Waals surface area contributed by atoms with Crippen LogP contribution in [-0.4, -0.2) is 23.0 Å². The molecular formula is C16H13FN2O3. The van der Waals surface area contributed by atoms with Gasteiger partial charge in [0.25, 0.3) is 5.91 Å². The number of aromatic hydroxyl groups is 1. The van der Waals surface area contributed by atoms with Gasteiger partial charge < -0.3 is 10.4 Å². The summed E-state index contributed by atoms with van der Waals surface area (Å²) in [6.45, 7) is 0. The van der Waals surface area contributed by atoms with Crippen LogP contribution in [0.25, 0.3) is 0 Å². The van der Waals surface area contributed by atoms with Crippen LogP contribution in [0.3, 0.4) is 0 Å². The zero-order valence-electron chi connectivity index (χ0n) is 11.5. The second kappa shape index (κ2) is 5.48. The number of halogens is 1. The molecule has 3 rings (SSSR count). The van der Waals surface area contributed by atoms with Crippen molar-refractivity contribution in [2.75, 3.05) is 10.2 Å². The van der Waals surface area contributed by atoms with Gasteiger partial charge in [-0.15, -0.1) is 0 Å². The van der Waals surface area contributed by atoms with Gasteiger partial charge in [0.1, 0.15) is 17.6 Å². The number of anilines is 2. The number of nitrogens with zero attached hydrogens (tertiary/aromatic N) is 1. The van der Waals surface area contributed by atoms with Crippen molar-refractivity contribution in [3.63, 3.8) is 0 Å². The number of carbonyl (C=O) groups excluding carboxylic acids is 2. The van der Waals surface area contributed by atoms with Gasteiger partial charge in [0.2, 0.25) is 5.91 Å². The molecule has 0 bridgehead atoms. The maximum atomic E-state index is 13.8. The zero-order valence-corrected chi connectivity index (χ0v) is 11.5. The van der Waals surface area contributed by atoms with Gasteiger partial charge in [0.05, 0.1) is 12.1 Å². The van der Waals surface area contributed by atoms with Gasteiger partial charge in [-0.05, 0) is 24.3 Å². The molecular weight excluding hydrogens is 287 g/mol. The molecule has 1 fully saturated rings. The third kappa shape index (κ3) is 2.50. The maximum absolute atomic E-state index is 13.8. The number of hydrogen-bond acceptors (Lipinski definition) is 4. The van der Waals surface area contributed by atoms with E-state index in [4.69, 9.17) is 0 Å². The zero-order chi connectivity index (χ0) is 15.7. The molecule has 0 aromatic heterocycles. The van der Waals surface area contributed by atoms with Crippen LogP contribution in [-0.2, 0) is 9.59 Å². The summed E-state index contributed by atoms with van der Waals surface area (Å²) in [5, 5.41) is 12.3. The number of amides is 2. The Morgan fingerprint density at radius 3 is 2.64 bits per heavy atom. The molecule has 2 aromatic carbocycles. The van der Waals surface area contributed by atoms with Crippen LogP contribution in [0.5, 0.6) is 5.75 Å². The Kier molecular flexibility index (Phi) is 3.50. The molecule has 2 aromatic rings. The maximum Gasteiger partial charge on any atom is 0.256 e. The molecule has 0 radical (unpaired) electrons. The first-order valence-electron chi connectivity index (χ1n) is 6.73. The third-order valence-electron chi connectivity index (χ3n) is 3.43. The average molecular weight is 300 g/mol. The van der Waals surface area contributed by atoms with Gasteiger partial charge in [-0.2, -0.15) is 0 Å². The van der Waals surface area contributed by atoms with Crippen molar-refractivity contribution in [3.05, 3.63) is 54.3 Å². The molecule has 1 unspecified atom stereocenters. The molecule has 0 saturated carbocycles. The number of nitrogens with one attached hydrogen (secondary N) is 1. The second-order valence-electron chi connectivity index (χ2n) is 4.97. The smallest absolute Gasteiger partial charge is 0.256 e. The molecule has 6 heteroatoms. The van der Waals surface area contributed by atoms with Gasteiger partial charge in [-0.1, -0.05) is 18.2 Å². The van der Waals surface area contributed by atoms with Crippen LogP contribution < -0.4 is 10.2 Å². The van der Waals surface area contributed by atoms with Crippen LogP contribution in [0, 0.1) is 5.82 Å². The van der Waals surface area contributed by atoms with Crippen molar-refractivity contribution in [3.8, 4) is 5.75 Å². The van der Waals surface area contributed by atoms with Gasteiger partial charge >= 0.3 is 0 Å². The Bertz CT molecular complexity index is 748. The van der Waals surface area contributed by atoms with E-state index in [0.29, 0.717) is 5.69 Å². The van der Waals surface area contributed by atoms with Crippen molar-refractivity contribution in [1.82, 2.24) is 0 Å². The minimum absolute atomic E-state index is 0.0438. The number of phenols is 1. The predicted octanol–water partition coefficient (Wildman–Crippen LogP) is 2.28. The van der Waals surface area contributed by atoms with Crippen LogP contribution in [0.1, 0.15) is 6.42 Å². The third-order valence-corrected chi connectivity index (χ3v) is 3.43. The summed E-state index contributed by atoms with van der Waals surface area (Å²) in [4.78, 5) is 25.3. The van der Waals surface area contributed by atoms with Gasteiger partial charge in [0.15, 0.2) is 0 Å². The van der Waals surface area contributed by atoms with E-state index in [9.17, 15) is 19.1 Å². The van der Waals surface area contributed by atoms with E-state index in [1.165, 1.54) is 30.3 Å².